The molecule has 1 saturated heterocycles. The van der Waals surface area contributed by atoms with E-state index in [1.165, 1.54) is 0 Å². The number of carbonyl (C=O) groups is 3. The Kier molecular flexibility index (Phi) is 4.04. The maximum absolute atomic E-state index is 11.8. The Bertz CT molecular complexity index is 313. The first-order chi connectivity index (χ1) is 7.51. The van der Waals surface area contributed by atoms with Crippen LogP contribution in [0.5, 0.6) is 0 Å². The molecule has 0 spiro atoms. The van der Waals surface area contributed by atoms with Gasteiger partial charge in [-0.3, -0.25) is 14.4 Å². The molecule has 2 unspecified atom stereocenters. The molecule has 1 heterocycles. The van der Waals surface area contributed by atoms with Crippen LogP contribution in [0.25, 0.3) is 0 Å². The van der Waals surface area contributed by atoms with Gasteiger partial charge in [-0.25, -0.2) is 4.90 Å². The van der Waals surface area contributed by atoms with E-state index in [1.54, 1.807) is 13.8 Å². The highest BCUT2D eigenvalue weighted by atomic mass is 16.6. The molecule has 0 aromatic heterocycles. The van der Waals surface area contributed by atoms with E-state index in [0.717, 1.165) is 4.90 Å². The number of amides is 2. The first-order valence-corrected chi connectivity index (χ1v) is 5.56. The van der Waals surface area contributed by atoms with Crippen LogP contribution in [0.1, 0.15) is 40.0 Å². The van der Waals surface area contributed by atoms with Crippen LogP contribution < -0.4 is 0 Å². The molecule has 2 amide bonds. The molecule has 0 N–H and O–H groups in total. The molecule has 16 heavy (non-hydrogen) atoms. The molecule has 0 aromatic rings. The Morgan fingerprint density at radius 3 is 2.56 bits per heavy atom. The summed E-state index contributed by atoms with van der Waals surface area (Å²) in [6.45, 7) is 5.30. The van der Waals surface area contributed by atoms with Crippen LogP contribution in [-0.2, 0) is 19.1 Å². The van der Waals surface area contributed by atoms with E-state index < -0.39 is 6.23 Å². The molecular formula is C11H17NO4. The third-order valence-electron chi connectivity index (χ3n) is 2.73. The lowest BCUT2D eigenvalue weighted by Crippen LogP contribution is -2.58. The summed E-state index contributed by atoms with van der Waals surface area (Å²) in [5.74, 6) is -1.13. The van der Waals surface area contributed by atoms with E-state index in [-0.39, 0.29) is 36.5 Å². The summed E-state index contributed by atoms with van der Waals surface area (Å²) in [7, 11) is 0. The number of likely N-dealkylation sites (tertiary alicyclic amines) is 1. The van der Waals surface area contributed by atoms with Crippen molar-refractivity contribution in [2.24, 2.45) is 5.92 Å². The highest BCUT2D eigenvalue weighted by Gasteiger charge is 2.44. The van der Waals surface area contributed by atoms with Crippen LogP contribution in [0.15, 0.2) is 0 Å². The fourth-order valence-electron chi connectivity index (χ4n) is 1.39. The minimum absolute atomic E-state index is 0.119. The number of nitrogens with zero attached hydrogens (tertiary/aromatic N) is 1. The fraction of sp³-hybridized carbons (Fsp3) is 0.727. The Balaban J connectivity index is 2.60. The lowest BCUT2D eigenvalue weighted by atomic mass is 10.0. The quantitative estimate of drug-likeness (QED) is 0.532. The van der Waals surface area contributed by atoms with Crippen molar-refractivity contribution in [2.75, 3.05) is 0 Å². The first kappa shape index (κ1) is 12.7. The van der Waals surface area contributed by atoms with Gasteiger partial charge in [-0.1, -0.05) is 20.8 Å². The zero-order valence-electron chi connectivity index (χ0n) is 9.86. The third-order valence-corrected chi connectivity index (χ3v) is 2.73. The normalized spacial score (nSPS) is 21.3. The lowest BCUT2D eigenvalue weighted by molar-refractivity contribution is -0.189. The van der Waals surface area contributed by atoms with Gasteiger partial charge in [0.25, 0.3) is 0 Å². The Hall–Kier alpha value is -1.39. The number of hydrogen-bond acceptors (Lipinski definition) is 4. The molecule has 1 fully saturated rings. The van der Waals surface area contributed by atoms with Gasteiger partial charge in [0, 0.05) is 12.3 Å². The number of esters is 1. The van der Waals surface area contributed by atoms with Crippen molar-refractivity contribution in [1.82, 2.24) is 4.90 Å². The zero-order valence-corrected chi connectivity index (χ0v) is 9.86. The smallest absolute Gasteiger partial charge is 0.307 e. The van der Waals surface area contributed by atoms with Crippen LogP contribution in [0.2, 0.25) is 0 Å². The van der Waals surface area contributed by atoms with E-state index in [9.17, 15) is 14.4 Å². The molecule has 0 radical (unpaired) electrons. The van der Waals surface area contributed by atoms with Gasteiger partial charge in [0.05, 0.1) is 6.42 Å². The molecule has 90 valence electrons. The first-order valence-electron chi connectivity index (χ1n) is 5.56. The summed E-state index contributed by atoms with van der Waals surface area (Å²) in [6, 6.07) is 0. The summed E-state index contributed by atoms with van der Waals surface area (Å²) in [6.07, 6.45) is 0.350. The number of hydrogen-bond donors (Lipinski definition) is 0. The Morgan fingerprint density at radius 1 is 1.50 bits per heavy atom. The highest BCUT2D eigenvalue weighted by molar-refractivity contribution is 6.01. The van der Waals surface area contributed by atoms with Gasteiger partial charge < -0.3 is 4.74 Å². The van der Waals surface area contributed by atoms with E-state index in [0.29, 0.717) is 6.42 Å². The summed E-state index contributed by atoms with van der Waals surface area (Å²) in [5, 5.41) is 0. The molecule has 5 nitrogen and oxygen atoms in total. The Labute approximate surface area is 94.7 Å². The third kappa shape index (κ3) is 2.40. The van der Waals surface area contributed by atoms with Crippen molar-refractivity contribution in [3.8, 4) is 0 Å². The Morgan fingerprint density at radius 2 is 2.12 bits per heavy atom. The molecule has 2 atom stereocenters. The van der Waals surface area contributed by atoms with Crippen LogP contribution in [-0.4, -0.2) is 28.9 Å². The SMILES string of the molecule is CCC(=O)OC1CC(=O)N1C(=O)C(C)CC. The van der Waals surface area contributed by atoms with Gasteiger partial charge in [-0.05, 0) is 6.42 Å². The molecule has 0 saturated carbocycles. The number of ether oxygens (including phenoxy) is 1. The molecular weight excluding hydrogens is 210 g/mol. The van der Waals surface area contributed by atoms with Crippen molar-refractivity contribution >= 4 is 17.8 Å². The predicted molar refractivity (Wildman–Crippen MR) is 56.1 cm³/mol. The second-order valence-electron chi connectivity index (χ2n) is 3.91. The van der Waals surface area contributed by atoms with Crippen molar-refractivity contribution in [3.63, 3.8) is 0 Å². The topological polar surface area (TPSA) is 63.7 Å². The average Bonchev–Trinajstić information content (AvgIpc) is 2.26. The van der Waals surface area contributed by atoms with Gasteiger partial charge in [0.2, 0.25) is 11.8 Å². The summed E-state index contributed by atoms with van der Waals surface area (Å²) in [4.78, 5) is 35.2. The maximum Gasteiger partial charge on any atom is 0.307 e. The highest BCUT2D eigenvalue weighted by Crippen LogP contribution is 2.24. The second kappa shape index (κ2) is 5.09. The minimum Gasteiger partial charge on any atom is -0.440 e. The van der Waals surface area contributed by atoms with Crippen LogP contribution in [0, 0.1) is 5.92 Å². The monoisotopic (exact) mass is 227 g/mol. The van der Waals surface area contributed by atoms with Gasteiger partial charge in [-0.2, -0.15) is 0 Å². The summed E-state index contributed by atoms with van der Waals surface area (Å²) < 4.78 is 4.98. The van der Waals surface area contributed by atoms with Crippen molar-refractivity contribution < 1.29 is 19.1 Å². The molecule has 5 heteroatoms. The number of β-lactam (4-membered cyclic amide) rings is 1. The van der Waals surface area contributed by atoms with E-state index in [4.69, 9.17) is 4.74 Å². The van der Waals surface area contributed by atoms with Crippen molar-refractivity contribution in [2.45, 2.75) is 46.3 Å². The van der Waals surface area contributed by atoms with E-state index >= 15 is 0 Å². The van der Waals surface area contributed by atoms with Crippen LogP contribution in [0.3, 0.4) is 0 Å². The maximum atomic E-state index is 11.8. The fourth-order valence-corrected chi connectivity index (χ4v) is 1.39. The van der Waals surface area contributed by atoms with E-state index in [1.807, 2.05) is 6.92 Å². The predicted octanol–water partition coefficient (Wildman–Crippen LogP) is 1.07. The van der Waals surface area contributed by atoms with Gasteiger partial charge in [-0.15, -0.1) is 0 Å². The van der Waals surface area contributed by atoms with Crippen molar-refractivity contribution in [1.29, 1.82) is 0 Å². The van der Waals surface area contributed by atoms with E-state index in [2.05, 4.69) is 0 Å². The largest absolute Gasteiger partial charge is 0.440 e. The molecule has 0 aliphatic carbocycles. The zero-order chi connectivity index (χ0) is 12.3. The number of imide groups is 1. The van der Waals surface area contributed by atoms with Crippen molar-refractivity contribution in [3.05, 3.63) is 0 Å². The minimum atomic E-state index is -0.679. The lowest BCUT2D eigenvalue weighted by Gasteiger charge is -2.38. The molecule has 1 aliphatic heterocycles. The molecule has 1 rings (SSSR count). The standard InChI is InChI=1S/C11H17NO4/c1-4-7(3)11(15)12-8(13)6-9(12)16-10(14)5-2/h7,9H,4-6H2,1-3H3. The van der Waals surface area contributed by atoms with Gasteiger partial charge in [0.1, 0.15) is 0 Å². The second-order valence-corrected chi connectivity index (χ2v) is 3.91. The molecule has 0 aromatic carbocycles. The number of carbonyl (C=O) groups excluding carboxylic acids is 3. The summed E-state index contributed by atoms with van der Waals surface area (Å²) in [5.41, 5.74) is 0. The molecule has 1 aliphatic rings. The molecule has 0 bridgehead atoms. The van der Waals surface area contributed by atoms with Crippen LogP contribution >= 0.6 is 0 Å². The van der Waals surface area contributed by atoms with Gasteiger partial charge in [0.15, 0.2) is 6.23 Å². The summed E-state index contributed by atoms with van der Waals surface area (Å²) >= 11 is 0. The number of rotatable bonds is 4. The van der Waals surface area contributed by atoms with Crippen LogP contribution in [0.4, 0.5) is 0 Å². The average molecular weight is 227 g/mol. The van der Waals surface area contributed by atoms with Gasteiger partial charge >= 0.3 is 5.97 Å².